The Bertz CT molecular complexity index is 689. The average molecular weight is 495 g/mol. The molecule has 0 unspecified atom stereocenters. The van der Waals surface area contributed by atoms with E-state index in [2.05, 4.69) is 19.2 Å². The molecule has 2 N–H and O–H groups in total. The van der Waals surface area contributed by atoms with E-state index in [9.17, 15) is 14.7 Å². The number of amides is 2. The Hall–Kier alpha value is -1.18. The van der Waals surface area contributed by atoms with Crippen LogP contribution in [0, 0.1) is 35.0 Å². The average Bonchev–Trinajstić information content (AvgIpc) is 2.85. The Kier molecular flexibility index (Phi) is 10.4. The Morgan fingerprint density at radius 3 is 2.23 bits per heavy atom. The summed E-state index contributed by atoms with van der Waals surface area (Å²) in [5.74, 6) is 0.333. The molecule has 7 heteroatoms. The molecule has 0 aromatic carbocycles. The SMILES string of the molecule is COCCN(CCOC)C(=O)[C@@H](C)[C@@H]1CC[C@@]2(C)CC[C@H](NC(=O)C3CCCCC3)[C@@H](C)[C@@H]2[C@H]1O. The maximum Gasteiger partial charge on any atom is 0.225 e. The summed E-state index contributed by atoms with van der Waals surface area (Å²) >= 11 is 0. The van der Waals surface area contributed by atoms with Crippen LogP contribution in [0.15, 0.2) is 0 Å². The zero-order valence-electron chi connectivity index (χ0n) is 22.8. The van der Waals surface area contributed by atoms with Gasteiger partial charge in [0, 0.05) is 45.2 Å². The first-order valence-corrected chi connectivity index (χ1v) is 14.0. The molecule has 0 bridgehead atoms. The molecular weight excluding hydrogens is 444 g/mol. The van der Waals surface area contributed by atoms with Crippen LogP contribution in [0.5, 0.6) is 0 Å². The summed E-state index contributed by atoms with van der Waals surface area (Å²) in [5, 5.41) is 15.1. The second-order valence-electron chi connectivity index (χ2n) is 11.8. The number of carbonyl (C=O) groups excluding carboxylic acids is 2. The fourth-order valence-corrected chi connectivity index (χ4v) is 7.37. The number of hydrogen-bond acceptors (Lipinski definition) is 5. The number of methoxy groups -OCH3 is 2. The van der Waals surface area contributed by atoms with Crippen LogP contribution < -0.4 is 5.32 Å². The highest BCUT2D eigenvalue weighted by Gasteiger charge is 2.54. The second-order valence-corrected chi connectivity index (χ2v) is 11.8. The quantitative estimate of drug-likeness (QED) is 0.484. The molecule has 3 aliphatic rings. The van der Waals surface area contributed by atoms with Crippen LogP contribution in [-0.2, 0) is 19.1 Å². The minimum atomic E-state index is -0.552. The summed E-state index contributed by atoms with van der Waals surface area (Å²) in [6, 6.07) is 0.0989. The predicted molar refractivity (Wildman–Crippen MR) is 137 cm³/mol. The van der Waals surface area contributed by atoms with Crippen molar-refractivity contribution < 1.29 is 24.2 Å². The van der Waals surface area contributed by atoms with Gasteiger partial charge in [-0.3, -0.25) is 9.59 Å². The van der Waals surface area contributed by atoms with Gasteiger partial charge in [-0.2, -0.15) is 0 Å². The number of hydrogen-bond donors (Lipinski definition) is 2. The molecule has 3 aliphatic carbocycles. The largest absolute Gasteiger partial charge is 0.392 e. The van der Waals surface area contributed by atoms with Crippen LogP contribution in [0.1, 0.15) is 78.6 Å². The standard InChI is InChI=1S/C28H50N2O5/c1-19(27(33)30(15-17-34-4)16-18-35-5)22-11-13-28(3)14-12-23(20(2)24(28)25(22)31)29-26(32)21-9-7-6-8-10-21/h19-25,31H,6-18H2,1-5H3,(H,29,32)/t19-,20+,22-,23-,24+,25-,28-/m0/s1. The van der Waals surface area contributed by atoms with Gasteiger partial charge >= 0.3 is 0 Å². The van der Waals surface area contributed by atoms with Crippen molar-refractivity contribution >= 4 is 11.8 Å². The highest BCUT2D eigenvalue weighted by molar-refractivity contribution is 5.79. The van der Waals surface area contributed by atoms with Gasteiger partial charge in [-0.05, 0) is 61.7 Å². The number of nitrogens with one attached hydrogen (secondary N) is 1. The highest BCUT2D eigenvalue weighted by Crippen LogP contribution is 2.55. The molecule has 0 spiro atoms. The molecule has 0 radical (unpaired) electrons. The zero-order chi connectivity index (χ0) is 25.6. The van der Waals surface area contributed by atoms with Crippen LogP contribution in [-0.4, -0.2) is 74.5 Å². The van der Waals surface area contributed by atoms with Crippen LogP contribution >= 0.6 is 0 Å². The van der Waals surface area contributed by atoms with Gasteiger partial charge in [0.05, 0.1) is 19.3 Å². The molecule has 0 heterocycles. The lowest BCUT2D eigenvalue weighted by molar-refractivity contribution is -0.152. The highest BCUT2D eigenvalue weighted by atomic mass is 16.5. The Labute approximate surface area is 212 Å². The fraction of sp³-hybridized carbons (Fsp3) is 0.929. The lowest BCUT2D eigenvalue weighted by atomic mass is 9.51. The van der Waals surface area contributed by atoms with Crippen LogP contribution in [0.3, 0.4) is 0 Å². The second kappa shape index (κ2) is 12.9. The van der Waals surface area contributed by atoms with E-state index in [1.165, 1.54) is 6.42 Å². The molecule has 0 aromatic rings. The van der Waals surface area contributed by atoms with Crippen molar-refractivity contribution in [2.24, 2.45) is 35.0 Å². The Morgan fingerprint density at radius 2 is 1.63 bits per heavy atom. The van der Waals surface area contributed by atoms with E-state index in [1.807, 2.05) is 11.8 Å². The smallest absolute Gasteiger partial charge is 0.225 e. The molecule has 7 nitrogen and oxygen atoms in total. The first kappa shape index (κ1) is 28.4. The summed E-state index contributed by atoms with van der Waals surface area (Å²) in [6.45, 7) is 8.50. The fourth-order valence-electron chi connectivity index (χ4n) is 7.37. The van der Waals surface area contributed by atoms with Gasteiger partial charge in [-0.15, -0.1) is 0 Å². The number of carbonyl (C=O) groups is 2. The molecule has 202 valence electrons. The Morgan fingerprint density at radius 1 is 1.03 bits per heavy atom. The van der Waals surface area contributed by atoms with E-state index in [1.54, 1.807) is 14.2 Å². The van der Waals surface area contributed by atoms with Crippen molar-refractivity contribution in [3.05, 3.63) is 0 Å². The first-order valence-electron chi connectivity index (χ1n) is 14.0. The minimum absolute atomic E-state index is 0.0515. The lowest BCUT2D eigenvalue weighted by Gasteiger charge is -2.56. The van der Waals surface area contributed by atoms with E-state index >= 15 is 0 Å². The zero-order valence-corrected chi connectivity index (χ0v) is 22.8. The van der Waals surface area contributed by atoms with Crippen LogP contribution in [0.4, 0.5) is 0 Å². The Balaban J connectivity index is 1.69. The van der Waals surface area contributed by atoms with E-state index in [-0.39, 0.29) is 52.9 Å². The molecule has 0 saturated heterocycles. The van der Waals surface area contributed by atoms with Gasteiger partial charge in [-0.25, -0.2) is 0 Å². The molecule has 7 atom stereocenters. The van der Waals surface area contributed by atoms with Crippen molar-refractivity contribution in [2.75, 3.05) is 40.5 Å². The summed E-state index contributed by atoms with van der Waals surface area (Å²) in [6.07, 6.45) is 8.84. The lowest BCUT2D eigenvalue weighted by Crippen LogP contribution is -2.59. The summed E-state index contributed by atoms with van der Waals surface area (Å²) in [5.41, 5.74) is 0.0515. The van der Waals surface area contributed by atoms with Crippen LogP contribution in [0.2, 0.25) is 0 Å². The van der Waals surface area contributed by atoms with Gasteiger partial charge in [0.2, 0.25) is 11.8 Å². The van der Waals surface area contributed by atoms with Gasteiger partial charge in [0.1, 0.15) is 0 Å². The molecule has 0 aromatic heterocycles. The number of nitrogens with zero attached hydrogens (tertiary/aromatic N) is 1. The van der Waals surface area contributed by atoms with Gasteiger partial charge < -0.3 is 24.8 Å². The number of fused-ring (bicyclic) bond motifs is 1. The number of aliphatic hydroxyl groups is 1. The predicted octanol–water partition coefficient (Wildman–Crippen LogP) is 3.63. The molecule has 2 amide bonds. The van der Waals surface area contributed by atoms with Gasteiger partial charge in [0.15, 0.2) is 0 Å². The van der Waals surface area contributed by atoms with Crippen molar-refractivity contribution in [2.45, 2.75) is 90.7 Å². The van der Waals surface area contributed by atoms with E-state index in [4.69, 9.17) is 9.47 Å². The maximum absolute atomic E-state index is 13.5. The number of aliphatic hydroxyl groups excluding tert-OH is 1. The third kappa shape index (κ3) is 6.58. The molecular formula is C28H50N2O5. The molecule has 3 fully saturated rings. The topological polar surface area (TPSA) is 88.1 Å². The first-order chi connectivity index (χ1) is 16.7. The van der Waals surface area contributed by atoms with E-state index < -0.39 is 6.10 Å². The maximum atomic E-state index is 13.5. The molecule has 3 rings (SSSR count). The normalized spacial score (nSPS) is 34.6. The summed E-state index contributed by atoms with van der Waals surface area (Å²) < 4.78 is 10.4. The number of ether oxygens (including phenoxy) is 2. The van der Waals surface area contributed by atoms with Crippen LogP contribution in [0.25, 0.3) is 0 Å². The van der Waals surface area contributed by atoms with E-state index in [0.717, 1.165) is 51.4 Å². The van der Waals surface area contributed by atoms with Gasteiger partial charge in [-0.1, -0.05) is 40.0 Å². The summed E-state index contributed by atoms with van der Waals surface area (Å²) in [4.78, 5) is 28.3. The summed E-state index contributed by atoms with van der Waals surface area (Å²) in [7, 11) is 3.28. The third-order valence-corrected chi connectivity index (χ3v) is 9.67. The third-order valence-electron chi connectivity index (χ3n) is 9.67. The van der Waals surface area contributed by atoms with E-state index in [0.29, 0.717) is 26.3 Å². The van der Waals surface area contributed by atoms with Crippen molar-refractivity contribution in [3.63, 3.8) is 0 Å². The minimum Gasteiger partial charge on any atom is -0.392 e. The molecule has 35 heavy (non-hydrogen) atoms. The van der Waals surface area contributed by atoms with Gasteiger partial charge in [0.25, 0.3) is 0 Å². The molecule has 0 aliphatic heterocycles. The molecule has 3 saturated carbocycles. The van der Waals surface area contributed by atoms with Crippen molar-refractivity contribution in [1.29, 1.82) is 0 Å². The monoisotopic (exact) mass is 494 g/mol. The van der Waals surface area contributed by atoms with Crippen molar-refractivity contribution in [3.8, 4) is 0 Å². The van der Waals surface area contributed by atoms with Crippen molar-refractivity contribution in [1.82, 2.24) is 10.2 Å². The number of rotatable bonds is 10.